The quantitative estimate of drug-likeness (QED) is 0.729. The molecule has 0 amide bonds. The second-order valence-corrected chi connectivity index (χ2v) is 3.02. The Morgan fingerprint density at radius 3 is 3.00 bits per heavy atom. The molecular weight excluding hydrogens is 190 g/mol. The molecule has 0 spiro atoms. The maximum absolute atomic E-state index is 8.76. The van der Waals surface area contributed by atoms with E-state index in [4.69, 9.17) is 16.7 Å². The van der Waals surface area contributed by atoms with Gasteiger partial charge in [-0.3, -0.25) is 4.40 Å². The lowest BCUT2D eigenvalue weighted by Crippen LogP contribution is -1.98. The minimum atomic E-state index is 0.0476. The predicted molar refractivity (Wildman–Crippen MR) is 48.8 cm³/mol. The summed E-state index contributed by atoms with van der Waals surface area (Å²) in [5.74, 6) is 0.683. The lowest BCUT2D eigenvalue weighted by Gasteiger charge is -1.98. The van der Waals surface area contributed by atoms with E-state index in [1.807, 2.05) is 12.1 Å². The van der Waals surface area contributed by atoms with Crippen LogP contribution >= 0.6 is 11.6 Å². The number of rotatable bonds is 2. The van der Waals surface area contributed by atoms with E-state index in [1.54, 1.807) is 10.5 Å². The third-order valence-electron chi connectivity index (χ3n) is 1.78. The molecule has 0 fully saturated rings. The standard InChI is InChI=1S/C8H8ClN3O/c9-6-2-1-3-7-10-11-8(4-5-13)12(6)7/h1-3,13H,4-5H2. The molecule has 0 saturated carbocycles. The van der Waals surface area contributed by atoms with Gasteiger partial charge in [-0.2, -0.15) is 0 Å². The SMILES string of the molecule is OCCc1nnc2cccc(Cl)n12. The highest BCUT2D eigenvalue weighted by molar-refractivity contribution is 6.29. The van der Waals surface area contributed by atoms with Crippen molar-refractivity contribution in [1.29, 1.82) is 0 Å². The average molecular weight is 198 g/mol. The van der Waals surface area contributed by atoms with Crippen LogP contribution in [0.1, 0.15) is 5.82 Å². The van der Waals surface area contributed by atoms with Crippen molar-refractivity contribution in [2.24, 2.45) is 0 Å². The van der Waals surface area contributed by atoms with Crippen LogP contribution in [0.2, 0.25) is 5.15 Å². The van der Waals surface area contributed by atoms with Crippen LogP contribution in [0.5, 0.6) is 0 Å². The van der Waals surface area contributed by atoms with E-state index in [0.717, 1.165) is 0 Å². The van der Waals surface area contributed by atoms with Crippen molar-refractivity contribution >= 4 is 17.2 Å². The monoisotopic (exact) mass is 197 g/mol. The molecule has 68 valence electrons. The Kier molecular flexibility index (Phi) is 2.16. The lowest BCUT2D eigenvalue weighted by molar-refractivity contribution is 0.296. The molecular formula is C8H8ClN3O. The Morgan fingerprint density at radius 2 is 2.23 bits per heavy atom. The molecule has 0 atom stereocenters. The van der Waals surface area contributed by atoms with Crippen molar-refractivity contribution in [3.8, 4) is 0 Å². The van der Waals surface area contributed by atoms with Gasteiger partial charge >= 0.3 is 0 Å². The summed E-state index contributed by atoms with van der Waals surface area (Å²) in [7, 11) is 0. The largest absolute Gasteiger partial charge is 0.396 e. The van der Waals surface area contributed by atoms with Gasteiger partial charge in [0.15, 0.2) is 5.65 Å². The zero-order chi connectivity index (χ0) is 9.26. The Balaban J connectivity index is 2.64. The smallest absolute Gasteiger partial charge is 0.161 e. The number of nitrogens with zero attached hydrogens (tertiary/aromatic N) is 3. The third kappa shape index (κ3) is 1.38. The summed E-state index contributed by atoms with van der Waals surface area (Å²) in [5.41, 5.74) is 0.705. The molecule has 0 aliphatic heterocycles. The molecule has 0 aromatic carbocycles. The number of fused-ring (bicyclic) bond motifs is 1. The highest BCUT2D eigenvalue weighted by atomic mass is 35.5. The Hall–Kier alpha value is -1.13. The summed E-state index contributed by atoms with van der Waals surface area (Å²) in [6.45, 7) is 0.0476. The van der Waals surface area contributed by atoms with Gasteiger partial charge in [-0.05, 0) is 12.1 Å². The van der Waals surface area contributed by atoms with Crippen LogP contribution in [0, 0.1) is 0 Å². The number of aliphatic hydroxyl groups is 1. The maximum Gasteiger partial charge on any atom is 0.161 e. The molecule has 4 nitrogen and oxygen atoms in total. The van der Waals surface area contributed by atoms with Gasteiger partial charge in [-0.1, -0.05) is 17.7 Å². The molecule has 0 saturated heterocycles. The van der Waals surface area contributed by atoms with Gasteiger partial charge in [0, 0.05) is 6.42 Å². The zero-order valence-corrected chi connectivity index (χ0v) is 7.57. The van der Waals surface area contributed by atoms with Gasteiger partial charge in [0.2, 0.25) is 0 Å². The predicted octanol–water partition coefficient (Wildman–Crippen LogP) is 0.917. The molecule has 0 bridgehead atoms. The number of aliphatic hydroxyl groups excluding tert-OH is 1. The summed E-state index contributed by atoms with van der Waals surface area (Å²) in [6.07, 6.45) is 0.463. The van der Waals surface area contributed by atoms with E-state index in [9.17, 15) is 0 Å². The molecule has 0 radical (unpaired) electrons. The molecule has 0 unspecified atom stereocenters. The summed E-state index contributed by atoms with van der Waals surface area (Å²) in [5, 5.41) is 17.2. The highest BCUT2D eigenvalue weighted by Gasteiger charge is 2.06. The number of hydrogen-bond donors (Lipinski definition) is 1. The fourth-order valence-corrected chi connectivity index (χ4v) is 1.48. The molecule has 13 heavy (non-hydrogen) atoms. The van der Waals surface area contributed by atoms with E-state index < -0.39 is 0 Å². The van der Waals surface area contributed by atoms with Crippen LogP contribution < -0.4 is 0 Å². The summed E-state index contributed by atoms with van der Waals surface area (Å²) < 4.78 is 1.72. The lowest BCUT2D eigenvalue weighted by atomic mass is 10.4. The molecule has 0 aliphatic carbocycles. The average Bonchev–Trinajstić information content (AvgIpc) is 2.51. The zero-order valence-electron chi connectivity index (χ0n) is 6.81. The number of hydrogen-bond acceptors (Lipinski definition) is 3. The minimum absolute atomic E-state index is 0.0476. The maximum atomic E-state index is 8.76. The van der Waals surface area contributed by atoms with E-state index in [1.165, 1.54) is 0 Å². The van der Waals surface area contributed by atoms with Crippen LogP contribution in [0.3, 0.4) is 0 Å². The van der Waals surface area contributed by atoms with E-state index >= 15 is 0 Å². The number of aromatic nitrogens is 3. The van der Waals surface area contributed by atoms with E-state index in [-0.39, 0.29) is 6.61 Å². The Bertz CT molecular complexity index is 426. The summed E-state index contributed by atoms with van der Waals surface area (Å²) >= 11 is 5.94. The van der Waals surface area contributed by atoms with Crippen LogP contribution in [-0.4, -0.2) is 26.3 Å². The van der Waals surface area contributed by atoms with Crippen LogP contribution in [-0.2, 0) is 6.42 Å². The van der Waals surface area contributed by atoms with Gasteiger partial charge in [-0.25, -0.2) is 0 Å². The van der Waals surface area contributed by atoms with Crippen LogP contribution in [0.25, 0.3) is 5.65 Å². The summed E-state index contributed by atoms with van der Waals surface area (Å²) in [4.78, 5) is 0. The van der Waals surface area contributed by atoms with Crippen LogP contribution in [0.4, 0.5) is 0 Å². The van der Waals surface area contributed by atoms with E-state index in [0.29, 0.717) is 23.0 Å². The van der Waals surface area contributed by atoms with Crippen molar-refractivity contribution in [3.05, 3.63) is 29.2 Å². The molecule has 2 rings (SSSR count). The fourth-order valence-electron chi connectivity index (χ4n) is 1.22. The summed E-state index contributed by atoms with van der Waals surface area (Å²) in [6, 6.07) is 5.40. The third-order valence-corrected chi connectivity index (χ3v) is 2.08. The molecule has 2 aromatic heterocycles. The van der Waals surface area contributed by atoms with Crippen molar-refractivity contribution in [2.45, 2.75) is 6.42 Å². The first kappa shape index (κ1) is 8.47. The molecule has 1 N–H and O–H groups in total. The fraction of sp³-hybridized carbons (Fsp3) is 0.250. The molecule has 2 aromatic rings. The minimum Gasteiger partial charge on any atom is -0.396 e. The van der Waals surface area contributed by atoms with Gasteiger partial charge in [0.25, 0.3) is 0 Å². The van der Waals surface area contributed by atoms with Gasteiger partial charge < -0.3 is 5.11 Å². The molecule has 0 aliphatic rings. The first-order valence-electron chi connectivity index (χ1n) is 3.92. The highest BCUT2D eigenvalue weighted by Crippen LogP contribution is 2.13. The number of halogens is 1. The Morgan fingerprint density at radius 1 is 1.38 bits per heavy atom. The van der Waals surface area contributed by atoms with Crippen molar-refractivity contribution in [3.63, 3.8) is 0 Å². The van der Waals surface area contributed by atoms with Crippen molar-refractivity contribution in [2.75, 3.05) is 6.61 Å². The molecule has 2 heterocycles. The Labute approximate surface area is 79.8 Å². The normalized spacial score (nSPS) is 10.9. The first-order chi connectivity index (χ1) is 6.33. The topological polar surface area (TPSA) is 50.4 Å². The van der Waals surface area contributed by atoms with Crippen molar-refractivity contribution < 1.29 is 5.11 Å². The van der Waals surface area contributed by atoms with Gasteiger partial charge in [-0.15, -0.1) is 10.2 Å². The first-order valence-corrected chi connectivity index (χ1v) is 4.30. The second kappa shape index (κ2) is 3.32. The van der Waals surface area contributed by atoms with Gasteiger partial charge in [0.05, 0.1) is 6.61 Å². The number of pyridine rings is 1. The van der Waals surface area contributed by atoms with Crippen molar-refractivity contribution in [1.82, 2.24) is 14.6 Å². The molecule has 5 heteroatoms. The van der Waals surface area contributed by atoms with Crippen LogP contribution in [0.15, 0.2) is 18.2 Å². The second-order valence-electron chi connectivity index (χ2n) is 2.63. The van der Waals surface area contributed by atoms with E-state index in [2.05, 4.69) is 10.2 Å². The van der Waals surface area contributed by atoms with Gasteiger partial charge in [0.1, 0.15) is 11.0 Å².